The van der Waals surface area contributed by atoms with Crippen molar-refractivity contribution in [2.45, 2.75) is 26.3 Å². The second-order valence-corrected chi connectivity index (χ2v) is 8.79. The molecule has 1 aliphatic carbocycles. The highest BCUT2D eigenvalue weighted by Crippen LogP contribution is 2.47. The van der Waals surface area contributed by atoms with Crippen molar-refractivity contribution in [2.75, 3.05) is 0 Å². The molecular formula is C30H23N. The third-order valence-electron chi connectivity index (χ3n) is 7.13. The van der Waals surface area contributed by atoms with Crippen molar-refractivity contribution in [2.24, 2.45) is 0 Å². The third kappa shape index (κ3) is 2.16. The molecule has 7 rings (SSSR count). The Bertz CT molecular complexity index is 1670. The quantitative estimate of drug-likeness (QED) is 0.260. The molecule has 1 heteroatoms. The standard InChI is InChI=1S/C30H23N/c1-2-17-31-27-14-8-7-13-24(27)29-25-16-15-21-20-10-4-3-9-19(20)18-26(21)28(25)22-11-5-6-12-23(22)30(29)31/h3-16H,2,17-18H2,1H3. The number of para-hydroxylation sites is 1. The molecular weight excluding hydrogens is 374 g/mol. The second kappa shape index (κ2) is 6.21. The van der Waals surface area contributed by atoms with Gasteiger partial charge in [0.05, 0.1) is 5.52 Å². The summed E-state index contributed by atoms with van der Waals surface area (Å²) in [5, 5.41) is 8.38. The molecule has 0 N–H and O–H groups in total. The van der Waals surface area contributed by atoms with Crippen molar-refractivity contribution in [1.29, 1.82) is 0 Å². The maximum atomic E-state index is 2.55. The van der Waals surface area contributed by atoms with Crippen LogP contribution in [0.25, 0.3) is 54.5 Å². The lowest BCUT2D eigenvalue weighted by atomic mass is 9.91. The van der Waals surface area contributed by atoms with Gasteiger partial charge in [0.15, 0.2) is 0 Å². The summed E-state index contributed by atoms with van der Waals surface area (Å²) in [5.74, 6) is 0. The van der Waals surface area contributed by atoms with Crippen molar-refractivity contribution in [3.8, 4) is 11.1 Å². The van der Waals surface area contributed by atoms with Gasteiger partial charge in [0.2, 0.25) is 0 Å². The molecule has 0 amide bonds. The van der Waals surface area contributed by atoms with Crippen LogP contribution in [-0.2, 0) is 13.0 Å². The van der Waals surface area contributed by atoms with Crippen LogP contribution in [0.5, 0.6) is 0 Å². The maximum absolute atomic E-state index is 2.55. The fraction of sp³-hybridized carbons (Fsp3) is 0.133. The lowest BCUT2D eigenvalue weighted by molar-refractivity contribution is 0.725. The van der Waals surface area contributed by atoms with Crippen LogP contribution in [0.1, 0.15) is 24.5 Å². The molecule has 0 unspecified atom stereocenters. The van der Waals surface area contributed by atoms with E-state index in [1.807, 2.05) is 0 Å². The van der Waals surface area contributed by atoms with Crippen molar-refractivity contribution in [1.82, 2.24) is 4.57 Å². The number of hydrogen-bond acceptors (Lipinski definition) is 0. The number of nitrogens with zero attached hydrogens (tertiary/aromatic N) is 1. The van der Waals surface area contributed by atoms with E-state index in [1.54, 1.807) is 0 Å². The summed E-state index contributed by atoms with van der Waals surface area (Å²) < 4.78 is 2.55. The minimum Gasteiger partial charge on any atom is -0.340 e. The van der Waals surface area contributed by atoms with Gasteiger partial charge in [-0.2, -0.15) is 0 Å². The zero-order valence-corrected chi connectivity index (χ0v) is 17.7. The van der Waals surface area contributed by atoms with Gasteiger partial charge in [0.25, 0.3) is 0 Å². The number of benzene rings is 5. The van der Waals surface area contributed by atoms with Gasteiger partial charge in [0.1, 0.15) is 0 Å². The zero-order chi connectivity index (χ0) is 20.5. The normalized spacial score (nSPS) is 12.8. The highest BCUT2D eigenvalue weighted by Gasteiger charge is 2.24. The minimum atomic E-state index is 1.02. The van der Waals surface area contributed by atoms with E-state index < -0.39 is 0 Å². The number of fused-ring (bicyclic) bond motifs is 12. The van der Waals surface area contributed by atoms with Gasteiger partial charge in [0, 0.05) is 28.2 Å². The molecule has 0 atom stereocenters. The van der Waals surface area contributed by atoms with E-state index in [0.717, 1.165) is 19.4 Å². The van der Waals surface area contributed by atoms with Crippen LogP contribution in [0.4, 0.5) is 0 Å². The minimum absolute atomic E-state index is 1.02. The highest BCUT2D eigenvalue weighted by atomic mass is 15.0. The first-order valence-corrected chi connectivity index (χ1v) is 11.3. The van der Waals surface area contributed by atoms with Gasteiger partial charge in [-0.05, 0) is 57.3 Å². The smallest absolute Gasteiger partial charge is 0.0577 e. The van der Waals surface area contributed by atoms with Gasteiger partial charge >= 0.3 is 0 Å². The molecule has 0 spiro atoms. The summed E-state index contributed by atoms with van der Waals surface area (Å²) >= 11 is 0. The average Bonchev–Trinajstić information content (AvgIpc) is 3.36. The predicted octanol–water partition coefficient (Wildman–Crippen LogP) is 8.08. The van der Waals surface area contributed by atoms with Crippen LogP contribution in [-0.4, -0.2) is 4.57 Å². The first-order chi connectivity index (χ1) is 15.4. The molecule has 0 saturated heterocycles. The van der Waals surface area contributed by atoms with E-state index >= 15 is 0 Å². The zero-order valence-electron chi connectivity index (χ0n) is 17.7. The monoisotopic (exact) mass is 397 g/mol. The topological polar surface area (TPSA) is 4.93 Å². The van der Waals surface area contributed by atoms with Crippen LogP contribution in [0.15, 0.2) is 84.9 Å². The summed E-state index contributed by atoms with van der Waals surface area (Å²) in [4.78, 5) is 0. The van der Waals surface area contributed by atoms with Gasteiger partial charge in [-0.3, -0.25) is 0 Å². The Hall–Kier alpha value is -3.58. The van der Waals surface area contributed by atoms with E-state index in [2.05, 4.69) is 96.4 Å². The molecule has 1 aromatic heterocycles. The first-order valence-electron chi connectivity index (χ1n) is 11.3. The summed E-state index contributed by atoms with van der Waals surface area (Å²) in [6.07, 6.45) is 2.14. The summed E-state index contributed by atoms with van der Waals surface area (Å²) in [7, 11) is 0. The van der Waals surface area contributed by atoms with Crippen LogP contribution in [0.2, 0.25) is 0 Å². The molecule has 0 aliphatic heterocycles. The van der Waals surface area contributed by atoms with Crippen molar-refractivity contribution < 1.29 is 0 Å². The number of rotatable bonds is 2. The molecule has 5 aromatic carbocycles. The van der Waals surface area contributed by atoms with Gasteiger partial charge < -0.3 is 4.57 Å². The SMILES string of the molecule is CCCn1c2ccccc2c2c3ccc4c(c3c3ccccc3c21)Cc1ccccc1-4. The predicted molar refractivity (Wildman–Crippen MR) is 133 cm³/mol. The molecule has 6 aromatic rings. The van der Waals surface area contributed by atoms with E-state index in [0.29, 0.717) is 0 Å². The molecule has 31 heavy (non-hydrogen) atoms. The molecule has 1 heterocycles. The van der Waals surface area contributed by atoms with Crippen LogP contribution in [0, 0.1) is 0 Å². The van der Waals surface area contributed by atoms with E-state index in [1.165, 1.54) is 65.6 Å². The molecule has 1 aliphatic rings. The van der Waals surface area contributed by atoms with Crippen LogP contribution in [0.3, 0.4) is 0 Å². The summed E-state index contributed by atoms with van der Waals surface area (Å²) in [6.45, 7) is 3.31. The Labute approximate surface area is 181 Å². The second-order valence-electron chi connectivity index (χ2n) is 8.79. The number of hydrogen-bond donors (Lipinski definition) is 0. The number of aryl methyl sites for hydroxylation is 1. The van der Waals surface area contributed by atoms with Gasteiger partial charge in [-0.25, -0.2) is 0 Å². The fourth-order valence-electron chi connectivity index (χ4n) is 5.95. The Balaban J connectivity index is 1.76. The largest absolute Gasteiger partial charge is 0.340 e. The molecule has 148 valence electrons. The maximum Gasteiger partial charge on any atom is 0.0577 e. The molecule has 0 saturated carbocycles. The fourth-order valence-corrected chi connectivity index (χ4v) is 5.95. The molecule has 1 nitrogen and oxygen atoms in total. The Morgan fingerprint density at radius 2 is 1.39 bits per heavy atom. The molecule has 0 fully saturated rings. The Morgan fingerprint density at radius 1 is 0.645 bits per heavy atom. The third-order valence-corrected chi connectivity index (χ3v) is 7.13. The number of aromatic nitrogens is 1. The van der Waals surface area contributed by atoms with Crippen molar-refractivity contribution in [3.63, 3.8) is 0 Å². The summed E-state index contributed by atoms with van der Waals surface area (Å²) in [5.41, 5.74) is 8.48. The van der Waals surface area contributed by atoms with Crippen molar-refractivity contribution >= 4 is 43.4 Å². The summed E-state index contributed by atoms with van der Waals surface area (Å²) in [6, 6.07) is 31.6. The van der Waals surface area contributed by atoms with Crippen LogP contribution < -0.4 is 0 Å². The van der Waals surface area contributed by atoms with Crippen LogP contribution >= 0.6 is 0 Å². The average molecular weight is 398 g/mol. The van der Waals surface area contributed by atoms with E-state index in [-0.39, 0.29) is 0 Å². The van der Waals surface area contributed by atoms with Crippen molar-refractivity contribution in [3.05, 3.63) is 96.1 Å². The Kier molecular flexibility index (Phi) is 3.43. The van der Waals surface area contributed by atoms with Gasteiger partial charge in [-0.15, -0.1) is 0 Å². The highest BCUT2D eigenvalue weighted by molar-refractivity contribution is 6.32. The van der Waals surface area contributed by atoms with E-state index in [9.17, 15) is 0 Å². The lowest BCUT2D eigenvalue weighted by Gasteiger charge is -2.14. The molecule has 0 bridgehead atoms. The van der Waals surface area contributed by atoms with E-state index in [4.69, 9.17) is 0 Å². The first kappa shape index (κ1) is 17.1. The van der Waals surface area contributed by atoms with Gasteiger partial charge in [-0.1, -0.05) is 85.8 Å². The molecule has 0 radical (unpaired) electrons. The lowest BCUT2D eigenvalue weighted by Crippen LogP contribution is -1.97. The Morgan fingerprint density at radius 3 is 2.26 bits per heavy atom.